The Labute approximate surface area is 141 Å². The summed E-state index contributed by atoms with van der Waals surface area (Å²) in [5, 5.41) is 3.69. The van der Waals surface area contributed by atoms with Crippen molar-refractivity contribution in [2.75, 3.05) is 6.54 Å². The SMILES string of the molecule is Cl.O=C(CC1CC2CCC(C1)N2)N1CCCC1C1CCCC1. The number of carbonyl (C=O) groups excluding carboxylic acids is 1. The van der Waals surface area contributed by atoms with E-state index in [4.69, 9.17) is 0 Å². The third-order valence-corrected chi connectivity index (χ3v) is 6.60. The van der Waals surface area contributed by atoms with Gasteiger partial charge in [0.25, 0.3) is 0 Å². The molecule has 4 fully saturated rings. The Morgan fingerprint density at radius 3 is 2.32 bits per heavy atom. The number of hydrogen-bond donors (Lipinski definition) is 1. The average molecular weight is 327 g/mol. The first kappa shape index (κ1) is 16.6. The molecule has 4 aliphatic rings. The summed E-state index contributed by atoms with van der Waals surface area (Å²) in [7, 11) is 0. The van der Waals surface area contributed by atoms with Gasteiger partial charge in [-0.25, -0.2) is 0 Å². The third kappa shape index (κ3) is 3.31. The molecule has 3 atom stereocenters. The Bertz CT molecular complexity index is 385. The van der Waals surface area contributed by atoms with Gasteiger partial charge in [-0.1, -0.05) is 12.8 Å². The molecule has 4 heteroatoms. The van der Waals surface area contributed by atoms with Gasteiger partial charge in [0.05, 0.1) is 0 Å². The van der Waals surface area contributed by atoms with Crippen LogP contribution < -0.4 is 5.32 Å². The zero-order valence-corrected chi connectivity index (χ0v) is 14.5. The summed E-state index contributed by atoms with van der Waals surface area (Å²) < 4.78 is 0. The predicted molar refractivity (Wildman–Crippen MR) is 91.2 cm³/mol. The van der Waals surface area contributed by atoms with Crippen LogP contribution in [0.25, 0.3) is 0 Å². The number of amides is 1. The average Bonchev–Trinajstić information content (AvgIpc) is 3.18. The summed E-state index contributed by atoms with van der Waals surface area (Å²) in [6.45, 7) is 1.04. The molecule has 4 rings (SSSR count). The van der Waals surface area contributed by atoms with Crippen LogP contribution in [-0.4, -0.2) is 35.5 Å². The summed E-state index contributed by atoms with van der Waals surface area (Å²) in [5.74, 6) is 1.96. The second kappa shape index (κ2) is 7.09. The minimum atomic E-state index is 0. The van der Waals surface area contributed by atoms with Gasteiger partial charge in [-0.3, -0.25) is 4.79 Å². The first-order chi connectivity index (χ1) is 10.3. The maximum atomic E-state index is 12.8. The van der Waals surface area contributed by atoms with Crippen molar-refractivity contribution in [1.29, 1.82) is 0 Å². The molecule has 0 aromatic carbocycles. The van der Waals surface area contributed by atoms with Crippen LogP contribution in [0.1, 0.15) is 70.6 Å². The summed E-state index contributed by atoms with van der Waals surface area (Å²) in [4.78, 5) is 15.1. The molecule has 126 valence electrons. The number of halogens is 1. The molecule has 0 spiro atoms. The molecule has 3 saturated heterocycles. The van der Waals surface area contributed by atoms with Crippen molar-refractivity contribution in [3.05, 3.63) is 0 Å². The van der Waals surface area contributed by atoms with Crippen LogP contribution >= 0.6 is 12.4 Å². The van der Waals surface area contributed by atoms with E-state index in [0.717, 1.165) is 18.9 Å². The van der Waals surface area contributed by atoms with Crippen molar-refractivity contribution >= 4 is 18.3 Å². The zero-order valence-electron chi connectivity index (χ0n) is 13.6. The first-order valence-corrected chi connectivity index (χ1v) is 9.35. The second-order valence-corrected chi connectivity index (χ2v) is 8.02. The Balaban J connectivity index is 0.00000144. The van der Waals surface area contributed by atoms with Gasteiger partial charge >= 0.3 is 0 Å². The van der Waals surface area contributed by atoms with E-state index in [1.54, 1.807) is 0 Å². The van der Waals surface area contributed by atoms with Gasteiger partial charge in [-0.2, -0.15) is 0 Å². The second-order valence-electron chi connectivity index (χ2n) is 8.02. The van der Waals surface area contributed by atoms with E-state index < -0.39 is 0 Å². The molecule has 0 radical (unpaired) electrons. The number of nitrogens with one attached hydrogen (secondary N) is 1. The quantitative estimate of drug-likeness (QED) is 0.860. The lowest BCUT2D eigenvalue weighted by molar-refractivity contribution is -0.134. The van der Waals surface area contributed by atoms with Crippen LogP contribution in [0.4, 0.5) is 0 Å². The molecular weight excluding hydrogens is 296 g/mol. The van der Waals surface area contributed by atoms with Gasteiger partial charge in [-0.05, 0) is 63.2 Å². The van der Waals surface area contributed by atoms with Crippen LogP contribution in [-0.2, 0) is 4.79 Å². The highest BCUT2D eigenvalue weighted by atomic mass is 35.5. The van der Waals surface area contributed by atoms with Crippen molar-refractivity contribution in [2.24, 2.45) is 11.8 Å². The van der Waals surface area contributed by atoms with Gasteiger partial charge < -0.3 is 10.2 Å². The molecule has 3 heterocycles. The number of carbonyl (C=O) groups is 1. The van der Waals surface area contributed by atoms with E-state index in [9.17, 15) is 4.79 Å². The Kier molecular flexibility index (Phi) is 5.34. The Morgan fingerprint density at radius 2 is 1.64 bits per heavy atom. The molecule has 3 unspecified atom stereocenters. The van der Waals surface area contributed by atoms with E-state index >= 15 is 0 Å². The minimum Gasteiger partial charge on any atom is -0.339 e. The molecule has 1 amide bonds. The lowest BCUT2D eigenvalue weighted by atomic mass is 9.88. The molecule has 0 aromatic rings. The fraction of sp³-hybridized carbons (Fsp3) is 0.944. The van der Waals surface area contributed by atoms with Crippen molar-refractivity contribution in [3.8, 4) is 0 Å². The lowest BCUT2D eigenvalue weighted by Crippen LogP contribution is -2.43. The number of nitrogens with zero attached hydrogens (tertiary/aromatic N) is 1. The van der Waals surface area contributed by atoms with Crippen molar-refractivity contribution in [1.82, 2.24) is 10.2 Å². The summed E-state index contributed by atoms with van der Waals surface area (Å²) in [6, 6.07) is 2.02. The summed E-state index contributed by atoms with van der Waals surface area (Å²) in [5.41, 5.74) is 0. The van der Waals surface area contributed by atoms with Gasteiger partial charge in [-0.15, -0.1) is 12.4 Å². The summed E-state index contributed by atoms with van der Waals surface area (Å²) >= 11 is 0. The van der Waals surface area contributed by atoms with E-state index in [0.29, 0.717) is 30.0 Å². The molecule has 0 aromatic heterocycles. The highest BCUT2D eigenvalue weighted by Crippen LogP contribution is 2.37. The summed E-state index contributed by atoms with van der Waals surface area (Å²) in [6.07, 6.45) is 14.0. The van der Waals surface area contributed by atoms with Gasteiger partial charge in [0.2, 0.25) is 5.91 Å². The molecule has 1 aliphatic carbocycles. The lowest BCUT2D eigenvalue weighted by Gasteiger charge is -2.33. The first-order valence-electron chi connectivity index (χ1n) is 9.35. The molecule has 1 saturated carbocycles. The smallest absolute Gasteiger partial charge is 0.223 e. The Hall–Kier alpha value is -0.280. The number of rotatable bonds is 3. The molecule has 1 N–H and O–H groups in total. The van der Waals surface area contributed by atoms with Crippen molar-refractivity contribution in [3.63, 3.8) is 0 Å². The standard InChI is InChI=1S/C18H30N2O.ClH/c21-18(12-13-10-15-7-8-16(11-13)19-15)20-9-3-6-17(20)14-4-1-2-5-14;/h13-17,19H,1-12H2;1H. The van der Waals surface area contributed by atoms with Crippen molar-refractivity contribution < 1.29 is 4.79 Å². The number of likely N-dealkylation sites (tertiary alicyclic amines) is 1. The van der Waals surface area contributed by atoms with E-state index in [-0.39, 0.29) is 12.4 Å². The van der Waals surface area contributed by atoms with E-state index in [1.807, 2.05) is 0 Å². The predicted octanol–water partition coefficient (Wildman–Crippen LogP) is 3.51. The van der Waals surface area contributed by atoms with Gasteiger partial charge in [0.15, 0.2) is 0 Å². The fourth-order valence-corrected chi connectivity index (χ4v) is 5.64. The maximum Gasteiger partial charge on any atom is 0.223 e. The monoisotopic (exact) mass is 326 g/mol. The molecule has 22 heavy (non-hydrogen) atoms. The van der Waals surface area contributed by atoms with E-state index in [1.165, 1.54) is 64.2 Å². The molecular formula is C18H31ClN2O. The topological polar surface area (TPSA) is 32.3 Å². The number of fused-ring (bicyclic) bond motifs is 2. The fourth-order valence-electron chi connectivity index (χ4n) is 5.64. The normalized spacial score (nSPS) is 38.3. The van der Waals surface area contributed by atoms with E-state index in [2.05, 4.69) is 10.2 Å². The van der Waals surface area contributed by atoms with Crippen LogP contribution in [0.5, 0.6) is 0 Å². The molecule has 2 bridgehead atoms. The maximum absolute atomic E-state index is 12.8. The minimum absolute atomic E-state index is 0. The highest BCUT2D eigenvalue weighted by Gasteiger charge is 2.38. The zero-order chi connectivity index (χ0) is 14.2. The van der Waals surface area contributed by atoms with Crippen LogP contribution in [0.2, 0.25) is 0 Å². The van der Waals surface area contributed by atoms with Crippen LogP contribution in [0.15, 0.2) is 0 Å². The van der Waals surface area contributed by atoms with Crippen molar-refractivity contribution in [2.45, 2.75) is 88.8 Å². The number of piperidine rings is 1. The van der Waals surface area contributed by atoms with Gasteiger partial charge in [0, 0.05) is 31.1 Å². The highest BCUT2D eigenvalue weighted by molar-refractivity contribution is 5.85. The molecule has 3 aliphatic heterocycles. The molecule has 3 nitrogen and oxygen atoms in total. The van der Waals surface area contributed by atoms with Gasteiger partial charge in [0.1, 0.15) is 0 Å². The van der Waals surface area contributed by atoms with Crippen LogP contribution in [0.3, 0.4) is 0 Å². The van der Waals surface area contributed by atoms with Crippen LogP contribution in [0, 0.1) is 11.8 Å². The number of hydrogen-bond acceptors (Lipinski definition) is 2. The third-order valence-electron chi connectivity index (χ3n) is 6.60. The largest absolute Gasteiger partial charge is 0.339 e. The Morgan fingerprint density at radius 1 is 0.955 bits per heavy atom.